The minimum absolute atomic E-state index is 0.358. The molecule has 0 saturated carbocycles. The number of aryl methyl sites for hydroxylation is 1. The summed E-state index contributed by atoms with van der Waals surface area (Å²) in [5, 5.41) is 4.71. The molecule has 2 aromatic heterocycles. The van der Waals surface area contributed by atoms with E-state index < -0.39 is 0 Å². The zero-order chi connectivity index (χ0) is 17.6. The SMILES string of the molecule is CC(C)(C)C1CCc2c(sc3ncnc(Nc4cccc(Br)c4)c23)C1. The van der Waals surface area contributed by atoms with Gasteiger partial charge in [0, 0.05) is 15.0 Å². The number of benzene rings is 1. The summed E-state index contributed by atoms with van der Waals surface area (Å²) >= 11 is 5.38. The van der Waals surface area contributed by atoms with Gasteiger partial charge >= 0.3 is 0 Å². The molecule has 4 rings (SSSR count). The van der Waals surface area contributed by atoms with Crippen LogP contribution in [0.5, 0.6) is 0 Å². The Morgan fingerprint density at radius 1 is 1.24 bits per heavy atom. The van der Waals surface area contributed by atoms with Crippen molar-refractivity contribution in [3.63, 3.8) is 0 Å². The highest BCUT2D eigenvalue weighted by atomic mass is 79.9. The van der Waals surface area contributed by atoms with Crippen LogP contribution in [0.1, 0.15) is 37.6 Å². The second-order valence-corrected chi connectivity index (χ2v) is 9.85. The second-order valence-electron chi connectivity index (χ2n) is 7.85. The average molecular weight is 416 g/mol. The van der Waals surface area contributed by atoms with E-state index in [0.29, 0.717) is 5.41 Å². The number of halogens is 1. The van der Waals surface area contributed by atoms with Gasteiger partial charge in [-0.25, -0.2) is 9.97 Å². The maximum Gasteiger partial charge on any atom is 0.142 e. The summed E-state index contributed by atoms with van der Waals surface area (Å²) in [6.07, 6.45) is 5.20. The number of nitrogens with zero attached hydrogens (tertiary/aromatic N) is 2. The van der Waals surface area contributed by atoms with Crippen molar-refractivity contribution < 1.29 is 0 Å². The molecule has 0 saturated heterocycles. The Morgan fingerprint density at radius 2 is 2.08 bits per heavy atom. The number of aromatic nitrogens is 2. The van der Waals surface area contributed by atoms with Gasteiger partial charge in [-0.2, -0.15) is 0 Å². The van der Waals surface area contributed by atoms with Crippen LogP contribution in [0, 0.1) is 11.3 Å². The number of thiophene rings is 1. The molecule has 0 fully saturated rings. The van der Waals surface area contributed by atoms with Gasteiger partial charge in [0.05, 0.1) is 5.39 Å². The van der Waals surface area contributed by atoms with Crippen LogP contribution in [0.2, 0.25) is 0 Å². The van der Waals surface area contributed by atoms with Gasteiger partial charge < -0.3 is 5.32 Å². The maximum atomic E-state index is 4.55. The predicted octanol–water partition coefficient (Wildman–Crippen LogP) is 6.35. The van der Waals surface area contributed by atoms with Crippen LogP contribution in [0.15, 0.2) is 35.1 Å². The van der Waals surface area contributed by atoms with Gasteiger partial charge in [0.15, 0.2) is 0 Å². The van der Waals surface area contributed by atoms with Crippen molar-refractivity contribution in [2.24, 2.45) is 11.3 Å². The third-order valence-corrected chi connectivity index (χ3v) is 6.81. The molecule has 0 bridgehead atoms. The lowest BCUT2D eigenvalue weighted by Gasteiger charge is -2.33. The molecule has 0 radical (unpaired) electrons. The molecule has 130 valence electrons. The molecule has 5 heteroatoms. The molecule has 1 unspecified atom stereocenters. The first kappa shape index (κ1) is 17.0. The normalized spacial score (nSPS) is 17.5. The topological polar surface area (TPSA) is 37.8 Å². The monoisotopic (exact) mass is 415 g/mol. The summed E-state index contributed by atoms with van der Waals surface area (Å²) in [6, 6.07) is 8.19. The number of anilines is 2. The lowest BCUT2D eigenvalue weighted by molar-refractivity contribution is 0.218. The van der Waals surface area contributed by atoms with Crippen molar-refractivity contribution in [2.45, 2.75) is 40.0 Å². The maximum absolute atomic E-state index is 4.55. The van der Waals surface area contributed by atoms with Crippen molar-refractivity contribution in [3.05, 3.63) is 45.5 Å². The molecule has 0 spiro atoms. The highest BCUT2D eigenvalue weighted by molar-refractivity contribution is 9.10. The summed E-state index contributed by atoms with van der Waals surface area (Å²) in [5.41, 5.74) is 2.85. The second kappa shape index (κ2) is 6.36. The largest absolute Gasteiger partial charge is 0.340 e. The molecule has 25 heavy (non-hydrogen) atoms. The van der Waals surface area contributed by atoms with Gasteiger partial charge in [-0.1, -0.05) is 42.8 Å². The van der Waals surface area contributed by atoms with Crippen molar-refractivity contribution in [3.8, 4) is 0 Å². The smallest absolute Gasteiger partial charge is 0.142 e. The summed E-state index contributed by atoms with van der Waals surface area (Å²) in [5.74, 6) is 1.66. The van der Waals surface area contributed by atoms with E-state index in [4.69, 9.17) is 0 Å². The zero-order valence-corrected chi connectivity index (χ0v) is 17.2. The Bertz CT molecular complexity index is 926. The van der Waals surface area contributed by atoms with E-state index in [1.807, 2.05) is 23.5 Å². The van der Waals surface area contributed by atoms with Gasteiger partial charge in [-0.15, -0.1) is 11.3 Å². The molecule has 3 aromatic rings. The Balaban J connectivity index is 1.74. The quantitative estimate of drug-likeness (QED) is 0.529. The highest BCUT2D eigenvalue weighted by Crippen LogP contribution is 2.44. The minimum atomic E-state index is 0.358. The van der Waals surface area contributed by atoms with Crippen LogP contribution in [0.3, 0.4) is 0 Å². The molecule has 1 aliphatic carbocycles. The lowest BCUT2D eigenvalue weighted by atomic mass is 9.72. The van der Waals surface area contributed by atoms with Crippen LogP contribution in [-0.4, -0.2) is 9.97 Å². The van der Waals surface area contributed by atoms with Crippen molar-refractivity contribution in [1.29, 1.82) is 0 Å². The first-order valence-electron chi connectivity index (χ1n) is 8.69. The Labute approximate surface area is 161 Å². The van der Waals surface area contributed by atoms with E-state index in [9.17, 15) is 0 Å². The summed E-state index contributed by atoms with van der Waals surface area (Å²) in [4.78, 5) is 11.7. The average Bonchev–Trinajstić information content (AvgIpc) is 2.92. The highest BCUT2D eigenvalue weighted by Gasteiger charge is 2.31. The van der Waals surface area contributed by atoms with E-state index in [1.165, 1.54) is 22.2 Å². The van der Waals surface area contributed by atoms with Crippen molar-refractivity contribution in [1.82, 2.24) is 9.97 Å². The van der Waals surface area contributed by atoms with Crippen LogP contribution >= 0.6 is 27.3 Å². The van der Waals surface area contributed by atoms with E-state index in [-0.39, 0.29) is 0 Å². The molecule has 0 amide bonds. The molecule has 0 aliphatic heterocycles. The molecule has 3 nitrogen and oxygen atoms in total. The Kier molecular flexibility index (Phi) is 4.32. The zero-order valence-electron chi connectivity index (χ0n) is 14.8. The molecule has 2 heterocycles. The van der Waals surface area contributed by atoms with Crippen LogP contribution in [0.25, 0.3) is 10.2 Å². The first-order valence-corrected chi connectivity index (χ1v) is 10.3. The number of fused-ring (bicyclic) bond motifs is 3. The van der Waals surface area contributed by atoms with Crippen LogP contribution in [-0.2, 0) is 12.8 Å². The van der Waals surface area contributed by atoms with E-state index in [0.717, 1.165) is 39.6 Å². The molecular formula is C20H22BrN3S. The fraction of sp³-hybridized carbons (Fsp3) is 0.400. The van der Waals surface area contributed by atoms with Crippen LogP contribution in [0.4, 0.5) is 11.5 Å². The molecule has 1 aromatic carbocycles. The summed E-state index contributed by atoms with van der Waals surface area (Å²) in [7, 11) is 0. The van der Waals surface area contributed by atoms with E-state index in [1.54, 1.807) is 6.33 Å². The Hall–Kier alpha value is -1.46. The van der Waals surface area contributed by atoms with Crippen molar-refractivity contribution in [2.75, 3.05) is 5.32 Å². The summed E-state index contributed by atoms with van der Waals surface area (Å²) in [6.45, 7) is 7.07. The third kappa shape index (κ3) is 3.32. The van der Waals surface area contributed by atoms with Gasteiger partial charge in [0.2, 0.25) is 0 Å². The molecule has 1 atom stereocenters. The van der Waals surface area contributed by atoms with Crippen molar-refractivity contribution >= 4 is 49.0 Å². The minimum Gasteiger partial charge on any atom is -0.340 e. The lowest BCUT2D eigenvalue weighted by Crippen LogP contribution is -2.26. The first-order chi connectivity index (χ1) is 11.9. The van der Waals surface area contributed by atoms with Gasteiger partial charge in [0.1, 0.15) is 17.0 Å². The van der Waals surface area contributed by atoms with Gasteiger partial charge in [-0.05, 0) is 54.4 Å². The number of nitrogens with one attached hydrogen (secondary N) is 1. The van der Waals surface area contributed by atoms with E-state index in [2.05, 4.69) is 64.1 Å². The standard InChI is InChI=1S/C20H22BrN3S/c1-20(2,3)12-7-8-15-16(9-12)25-19-17(15)18(22-11-23-19)24-14-6-4-5-13(21)10-14/h4-6,10-12H,7-9H2,1-3H3,(H,22,23,24). The number of rotatable bonds is 2. The number of hydrogen-bond acceptors (Lipinski definition) is 4. The molecule has 1 aliphatic rings. The predicted molar refractivity (Wildman–Crippen MR) is 110 cm³/mol. The fourth-order valence-electron chi connectivity index (χ4n) is 3.65. The van der Waals surface area contributed by atoms with Crippen LogP contribution < -0.4 is 5.32 Å². The number of hydrogen-bond donors (Lipinski definition) is 1. The van der Waals surface area contributed by atoms with E-state index >= 15 is 0 Å². The van der Waals surface area contributed by atoms with Gasteiger partial charge in [-0.3, -0.25) is 0 Å². The van der Waals surface area contributed by atoms with Gasteiger partial charge in [0.25, 0.3) is 0 Å². The summed E-state index contributed by atoms with van der Waals surface area (Å²) < 4.78 is 1.06. The fourth-order valence-corrected chi connectivity index (χ4v) is 5.31. The Morgan fingerprint density at radius 3 is 2.84 bits per heavy atom. The molecular weight excluding hydrogens is 394 g/mol. The molecule has 1 N–H and O–H groups in total. The third-order valence-electron chi connectivity index (χ3n) is 5.16.